The van der Waals surface area contributed by atoms with E-state index >= 15 is 0 Å². The van der Waals surface area contributed by atoms with Crippen molar-refractivity contribution in [3.63, 3.8) is 0 Å². The molecule has 0 unspecified atom stereocenters. The van der Waals surface area contributed by atoms with Gasteiger partial charge in [-0.15, -0.1) is 0 Å². The first kappa shape index (κ1) is 14.3. The number of hydrogen-bond acceptors (Lipinski definition) is 4. The minimum absolute atomic E-state index is 0.0911. The second-order valence-corrected chi connectivity index (χ2v) is 3.70. The third-order valence-corrected chi connectivity index (χ3v) is 2.61. The molecule has 0 saturated heterocycles. The summed E-state index contributed by atoms with van der Waals surface area (Å²) in [6.07, 6.45) is 0.919. The largest absolute Gasteiger partial charge is 0.493 e. The molecule has 1 amide bonds. The molecule has 5 nitrogen and oxygen atoms in total. The SMILES string of the molecule is CCc1ccc(OCC(=O)N(C)OC)c(OC)c1. The van der Waals surface area contributed by atoms with Gasteiger partial charge in [-0.05, 0) is 24.1 Å². The minimum atomic E-state index is -0.265. The van der Waals surface area contributed by atoms with Crippen LogP contribution in [0.2, 0.25) is 0 Å². The summed E-state index contributed by atoms with van der Waals surface area (Å²) in [6.45, 7) is 1.97. The molecule has 100 valence electrons. The number of likely N-dealkylation sites (N-methyl/N-ethyl adjacent to an activating group) is 1. The molecular formula is C13H19NO4. The number of rotatable bonds is 6. The molecule has 0 aliphatic carbocycles. The number of carbonyl (C=O) groups is 1. The number of methoxy groups -OCH3 is 1. The molecule has 0 aliphatic rings. The minimum Gasteiger partial charge on any atom is -0.493 e. The average molecular weight is 253 g/mol. The summed E-state index contributed by atoms with van der Waals surface area (Å²) in [4.78, 5) is 16.3. The van der Waals surface area contributed by atoms with Crippen molar-refractivity contribution in [3.05, 3.63) is 23.8 Å². The van der Waals surface area contributed by atoms with E-state index < -0.39 is 0 Å². The Morgan fingerprint density at radius 3 is 2.56 bits per heavy atom. The predicted octanol–water partition coefficient (Wildman–Crippen LogP) is 1.66. The second-order valence-electron chi connectivity index (χ2n) is 3.70. The van der Waals surface area contributed by atoms with Gasteiger partial charge in [0.1, 0.15) is 0 Å². The van der Waals surface area contributed by atoms with Crippen molar-refractivity contribution in [1.29, 1.82) is 0 Å². The van der Waals surface area contributed by atoms with Gasteiger partial charge < -0.3 is 9.47 Å². The van der Waals surface area contributed by atoms with E-state index in [1.807, 2.05) is 12.1 Å². The van der Waals surface area contributed by atoms with Crippen molar-refractivity contribution in [2.75, 3.05) is 27.9 Å². The molecule has 0 aliphatic heterocycles. The monoisotopic (exact) mass is 253 g/mol. The van der Waals surface area contributed by atoms with E-state index in [2.05, 4.69) is 6.92 Å². The molecule has 18 heavy (non-hydrogen) atoms. The summed E-state index contributed by atoms with van der Waals surface area (Å²) in [7, 11) is 4.53. The van der Waals surface area contributed by atoms with E-state index in [4.69, 9.17) is 14.3 Å². The average Bonchev–Trinajstić information content (AvgIpc) is 2.43. The molecule has 0 spiro atoms. The molecule has 0 saturated carbocycles. The topological polar surface area (TPSA) is 48.0 Å². The molecule has 0 aromatic heterocycles. The van der Waals surface area contributed by atoms with Gasteiger partial charge in [0.2, 0.25) is 0 Å². The van der Waals surface area contributed by atoms with E-state index in [-0.39, 0.29) is 12.5 Å². The zero-order chi connectivity index (χ0) is 13.5. The third kappa shape index (κ3) is 3.63. The molecule has 1 rings (SSSR count). The summed E-state index contributed by atoms with van der Waals surface area (Å²) in [5, 5.41) is 1.12. The highest BCUT2D eigenvalue weighted by atomic mass is 16.7. The smallest absolute Gasteiger partial charge is 0.283 e. The number of hydrogen-bond donors (Lipinski definition) is 0. The van der Waals surface area contributed by atoms with E-state index in [9.17, 15) is 4.79 Å². The van der Waals surface area contributed by atoms with Gasteiger partial charge in [0, 0.05) is 7.05 Å². The quantitative estimate of drug-likeness (QED) is 0.723. The maximum atomic E-state index is 11.5. The van der Waals surface area contributed by atoms with Crippen molar-refractivity contribution >= 4 is 5.91 Å². The van der Waals surface area contributed by atoms with Crippen molar-refractivity contribution in [2.24, 2.45) is 0 Å². The van der Waals surface area contributed by atoms with Crippen LogP contribution in [-0.4, -0.2) is 38.8 Å². The standard InChI is InChI=1S/C13H19NO4/c1-5-10-6-7-11(12(8-10)16-3)18-9-13(15)14(2)17-4/h6-8H,5,9H2,1-4H3. The first-order chi connectivity index (χ1) is 8.62. The van der Waals surface area contributed by atoms with Gasteiger partial charge in [0.05, 0.1) is 14.2 Å². The van der Waals surface area contributed by atoms with Crippen LogP contribution < -0.4 is 9.47 Å². The molecule has 1 aromatic carbocycles. The molecule has 0 bridgehead atoms. The molecule has 0 N–H and O–H groups in total. The Balaban J connectivity index is 2.70. The number of benzene rings is 1. The van der Waals surface area contributed by atoms with Gasteiger partial charge >= 0.3 is 0 Å². The van der Waals surface area contributed by atoms with E-state index in [0.717, 1.165) is 17.0 Å². The van der Waals surface area contributed by atoms with Crippen LogP contribution in [0.25, 0.3) is 0 Å². The normalized spacial score (nSPS) is 10.0. The molecule has 0 fully saturated rings. The van der Waals surface area contributed by atoms with Crippen molar-refractivity contribution < 1.29 is 19.1 Å². The summed E-state index contributed by atoms with van der Waals surface area (Å²) in [6, 6.07) is 5.65. The number of hydroxylamine groups is 2. The van der Waals surface area contributed by atoms with Crippen molar-refractivity contribution in [2.45, 2.75) is 13.3 Å². The zero-order valence-electron chi connectivity index (χ0n) is 11.2. The van der Waals surface area contributed by atoms with Gasteiger partial charge in [0.25, 0.3) is 5.91 Å². The predicted molar refractivity (Wildman–Crippen MR) is 67.6 cm³/mol. The molecular weight excluding hydrogens is 234 g/mol. The number of carbonyl (C=O) groups excluding carboxylic acids is 1. The summed E-state index contributed by atoms with van der Waals surface area (Å²) >= 11 is 0. The van der Waals surface area contributed by atoms with Crippen LogP contribution in [0.3, 0.4) is 0 Å². The Bertz CT molecular complexity index is 406. The van der Waals surface area contributed by atoms with Gasteiger partial charge in [0.15, 0.2) is 18.1 Å². The van der Waals surface area contributed by atoms with E-state index in [1.165, 1.54) is 14.2 Å². The lowest BCUT2D eigenvalue weighted by Crippen LogP contribution is -2.30. The fraction of sp³-hybridized carbons (Fsp3) is 0.462. The Hall–Kier alpha value is -1.75. The first-order valence-electron chi connectivity index (χ1n) is 5.72. The maximum absolute atomic E-state index is 11.5. The summed E-state index contributed by atoms with van der Waals surface area (Å²) in [5.41, 5.74) is 1.15. The lowest BCUT2D eigenvalue weighted by Gasteiger charge is -2.15. The summed E-state index contributed by atoms with van der Waals surface area (Å²) in [5.74, 6) is 0.911. The van der Waals surface area contributed by atoms with Crippen LogP contribution in [0.5, 0.6) is 11.5 Å². The lowest BCUT2D eigenvalue weighted by molar-refractivity contribution is -0.170. The molecule has 5 heteroatoms. The Morgan fingerprint density at radius 1 is 1.28 bits per heavy atom. The Morgan fingerprint density at radius 2 is 2.00 bits per heavy atom. The number of aryl methyl sites for hydroxylation is 1. The van der Waals surface area contributed by atoms with Crippen LogP contribution >= 0.6 is 0 Å². The fourth-order valence-corrected chi connectivity index (χ4v) is 1.38. The zero-order valence-corrected chi connectivity index (χ0v) is 11.2. The fourth-order valence-electron chi connectivity index (χ4n) is 1.38. The van der Waals surface area contributed by atoms with E-state index in [1.54, 1.807) is 13.2 Å². The second kappa shape index (κ2) is 6.86. The van der Waals surface area contributed by atoms with Gasteiger partial charge in [-0.25, -0.2) is 5.06 Å². The van der Waals surface area contributed by atoms with Gasteiger partial charge in [-0.2, -0.15) is 0 Å². The van der Waals surface area contributed by atoms with Crippen LogP contribution in [-0.2, 0) is 16.1 Å². The van der Waals surface area contributed by atoms with Crippen LogP contribution in [0.4, 0.5) is 0 Å². The van der Waals surface area contributed by atoms with Gasteiger partial charge in [-0.3, -0.25) is 9.63 Å². The Kier molecular flexibility index (Phi) is 5.45. The summed E-state index contributed by atoms with van der Waals surface area (Å²) < 4.78 is 10.6. The lowest BCUT2D eigenvalue weighted by atomic mass is 10.1. The highest BCUT2D eigenvalue weighted by molar-refractivity contribution is 5.76. The van der Waals surface area contributed by atoms with Crippen molar-refractivity contribution in [1.82, 2.24) is 5.06 Å². The first-order valence-corrected chi connectivity index (χ1v) is 5.72. The van der Waals surface area contributed by atoms with Crippen LogP contribution in [0, 0.1) is 0 Å². The number of nitrogens with zero attached hydrogens (tertiary/aromatic N) is 1. The maximum Gasteiger partial charge on any atom is 0.283 e. The van der Waals surface area contributed by atoms with Crippen molar-refractivity contribution in [3.8, 4) is 11.5 Å². The highest BCUT2D eigenvalue weighted by Gasteiger charge is 2.11. The molecule has 0 radical (unpaired) electrons. The third-order valence-electron chi connectivity index (χ3n) is 2.61. The van der Waals surface area contributed by atoms with Gasteiger partial charge in [-0.1, -0.05) is 13.0 Å². The molecule has 0 atom stereocenters. The number of amides is 1. The molecule has 0 heterocycles. The van der Waals surface area contributed by atoms with E-state index in [0.29, 0.717) is 11.5 Å². The highest BCUT2D eigenvalue weighted by Crippen LogP contribution is 2.28. The van der Waals surface area contributed by atoms with Crippen LogP contribution in [0.1, 0.15) is 12.5 Å². The molecule has 1 aromatic rings. The Labute approximate surface area is 107 Å². The number of ether oxygens (including phenoxy) is 2. The van der Waals surface area contributed by atoms with Crippen LogP contribution in [0.15, 0.2) is 18.2 Å².